The predicted octanol–water partition coefficient (Wildman–Crippen LogP) is -41.1. The van der Waals surface area contributed by atoms with Gasteiger partial charge >= 0.3 is 0 Å². The Hall–Kier alpha value is -4.63. The van der Waals surface area contributed by atoms with Crippen LogP contribution in [0.25, 0.3) is 88.4 Å². The molecule has 358 valence electrons. The second-order valence-corrected chi connectivity index (χ2v) is 26.1. The molecule has 2 nitrogen and oxygen atoms in total. The van der Waals surface area contributed by atoms with E-state index in [1.807, 2.05) is 0 Å². The van der Waals surface area contributed by atoms with Crippen molar-refractivity contribution in [3.63, 3.8) is 0 Å². The van der Waals surface area contributed by atoms with Gasteiger partial charge in [0.05, 0.1) is 0 Å². The number of aromatic nitrogens is 2. The lowest BCUT2D eigenvalue weighted by Crippen LogP contribution is -2.57. The first-order chi connectivity index (χ1) is 37.7. The van der Waals surface area contributed by atoms with Crippen LogP contribution in [0.3, 0.4) is 0 Å². The van der Waals surface area contributed by atoms with Crippen molar-refractivity contribution in [1.29, 1.82) is 0 Å². The van der Waals surface area contributed by atoms with Gasteiger partial charge in [-0.2, -0.15) is 0 Å². The van der Waals surface area contributed by atoms with Crippen molar-refractivity contribution >= 4 is 456 Å². The minimum absolute atomic E-state index is 1.33. The smallest absolute Gasteiger partial charge is 0.142 e. The Bertz CT molecular complexity index is 4590. The second kappa shape index (κ2) is 20.3. The molecule has 0 unspecified atom stereocenters. The highest BCUT2D eigenvalue weighted by molar-refractivity contribution is 6.76. The molecule has 0 radical (unpaired) electrons. The first kappa shape index (κ1) is 59.5. The lowest BCUT2D eigenvalue weighted by molar-refractivity contribution is 1.21. The van der Waals surface area contributed by atoms with Crippen molar-refractivity contribution in [2.75, 3.05) is 0 Å². The van der Waals surface area contributed by atoms with Crippen LogP contribution < -0.4 is 169 Å². The molecule has 0 N–H and O–H groups in total. The highest BCUT2D eigenvalue weighted by atomic mass is 15.0. The zero-order chi connectivity index (χ0) is 60.0. The van der Waals surface area contributed by atoms with Crippen molar-refractivity contribution in [1.82, 2.24) is 9.13 Å². The zero-order valence-electron chi connectivity index (χ0n) is 56.0. The molecular weight excluding hydrogens is 940 g/mol. The van der Waals surface area contributed by atoms with Gasteiger partial charge in [0.2, 0.25) is 0 Å². The van der Waals surface area contributed by atoms with Crippen LogP contribution in [0.1, 0.15) is 0 Å². The second-order valence-electron chi connectivity index (χ2n) is 26.1. The molecule has 0 aliphatic carbocycles. The van der Waals surface area contributed by atoms with E-state index in [1.165, 1.54) is 258 Å². The van der Waals surface area contributed by atoms with Crippen molar-refractivity contribution in [2.45, 2.75) is 0 Å². The van der Waals surface area contributed by atoms with Crippen molar-refractivity contribution in [2.24, 2.45) is 0 Å². The number of benzene rings is 8. The third-order valence-electron chi connectivity index (χ3n) is 23.3. The van der Waals surface area contributed by atoms with Crippen LogP contribution in [0.5, 0.6) is 0 Å². The quantitative estimate of drug-likeness (QED) is 0.152. The van der Waals surface area contributed by atoms with Crippen LogP contribution in [0.2, 0.25) is 0 Å². The fourth-order valence-electron chi connectivity index (χ4n) is 15.9. The minimum atomic E-state index is 1.33. The van der Waals surface area contributed by atoms with Gasteiger partial charge < -0.3 is 9.13 Å². The van der Waals surface area contributed by atoms with E-state index in [-0.39, 0.29) is 0 Å². The summed E-state index contributed by atoms with van der Waals surface area (Å²) in [5.41, 5.74) is 59.0. The van der Waals surface area contributed by atoms with E-state index in [4.69, 9.17) is 0 Å². The summed E-state index contributed by atoms with van der Waals surface area (Å²) < 4.78 is 5.53. The Kier molecular flexibility index (Phi) is 14.9. The Balaban J connectivity index is 1.40. The van der Waals surface area contributed by atoms with E-state index in [9.17, 15) is 0 Å². The summed E-state index contributed by atoms with van der Waals surface area (Å²) in [4.78, 5) is 0. The summed E-state index contributed by atoms with van der Waals surface area (Å²) >= 11 is 0. The largest absolute Gasteiger partial charge is 0.312 e. The summed E-state index contributed by atoms with van der Waals surface area (Å²) in [7, 11) is 73.6. The van der Waals surface area contributed by atoms with Gasteiger partial charge in [-0.3, -0.25) is 0 Å². The molecule has 10 rings (SSSR count). The van der Waals surface area contributed by atoms with Crippen LogP contribution in [-0.4, -0.2) is 252 Å². The maximum absolute atomic E-state index is 2.78. The Labute approximate surface area is 512 Å². The average Bonchev–Trinajstić information content (AvgIpc) is 3.50. The molecule has 0 bridgehead atoms. The molecule has 0 aliphatic heterocycles. The molecule has 0 saturated carbocycles. The molecule has 0 aliphatic rings. The van der Waals surface area contributed by atoms with Crippen LogP contribution in [0.4, 0.5) is 0 Å². The first-order valence-electron chi connectivity index (χ1n) is 30.2. The molecule has 33 heteroatoms. The number of hydrogen-bond acceptors (Lipinski definition) is 0. The number of fused-ring (bicyclic) bond motifs is 6. The Morgan fingerprint density at radius 1 is 0.173 bits per heavy atom. The summed E-state index contributed by atoms with van der Waals surface area (Å²) in [6.07, 6.45) is 0. The van der Waals surface area contributed by atoms with Gasteiger partial charge in [-0.1, -0.05) is 120 Å². The van der Waals surface area contributed by atoms with Gasteiger partial charge in [-0.05, 0) is 44.8 Å². The molecule has 0 spiro atoms. The van der Waals surface area contributed by atoms with E-state index in [0.29, 0.717) is 0 Å². The van der Waals surface area contributed by atoms with Crippen LogP contribution in [0, 0.1) is 0 Å². The molecule has 0 amide bonds. The normalized spacial score (nSPS) is 11.8. The van der Waals surface area contributed by atoms with E-state index < -0.39 is 0 Å². The van der Waals surface area contributed by atoms with E-state index in [1.54, 1.807) is 0 Å². The van der Waals surface area contributed by atoms with Crippen molar-refractivity contribution < 1.29 is 0 Å². The average molecular weight is 1000 g/mol. The topological polar surface area (TPSA) is 9.86 Å². The minimum Gasteiger partial charge on any atom is -0.312 e. The van der Waals surface area contributed by atoms with Gasteiger partial charge in [0.25, 0.3) is 0 Å². The number of nitrogens with zero attached hydrogens (tertiary/aromatic N) is 2. The monoisotopic (exact) mass is 1010 g/mol. The predicted molar refractivity (Wildman–Crippen MR) is 465 cm³/mol. The molecular formula is C48H63B31N2. The molecule has 2 heterocycles. The molecule has 8 aromatic carbocycles. The van der Waals surface area contributed by atoms with Gasteiger partial charge in [0, 0.05) is 49.6 Å². The van der Waals surface area contributed by atoms with Gasteiger partial charge in [0.15, 0.2) is 0 Å². The van der Waals surface area contributed by atoms with Crippen LogP contribution in [-0.2, 0) is 0 Å². The highest BCUT2D eigenvalue weighted by Gasteiger charge is 2.32. The van der Waals surface area contributed by atoms with Gasteiger partial charge in [-0.15, -0.1) is 49.2 Å². The third kappa shape index (κ3) is 7.85. The number of rotatable bonds is 5. The molecule has 0 atom stereocenters. The number of hydrogen-bond donors (Lipinski definition) is 0. The molecule has 0 fully saturated rings. The van der Waals surface area contributed by atoms with Crippen molar-refractivity contribution in [3.05, 3.63) is 6.07 Å². The summed E-state index contributed by atoms with van der Waals surface area (Å²) in [6, 6.07) is 2.64. The molecule has 0 saturated heterocycles. The molecule has 81 heavy (non-hydrogen) atoms. The third-order valence-corrected chi connectivity index (χ3v) is 23.3. The lowest BCUT2D eigenvalue weighted by Gasteiger charge is -2.30. The highest BCUT2D eigenvalue weighted by Crippen LogP contribution is 2.34. The maximum Gasteiger partial charge on any atom is 0.142 e. The fraction of sp³-hybridized carbons (Fsp3) is 0. The van der Waals surface area contributed by atoms with Gasteiger partial charge in [-0.25, -0.2) is 0 Å². The maximum atomic E-state index is 2.78. The zero-order valence-corrected chi connectivity index (χ0v) is 56.0. The van der Waals surface area contributed by atoms with Crippen LogP contribution in [0.15, 0.2) is 6.07 Å². The summed E-state index contributed by atoms with van der Waals surface area (Å²) in [5.74, 6) is 0. The fourth-order valence-corrected chi connectivity index (χ4v) is 15.9. The van der Waals surface area contributed by atoms with Gasteiger partial charge in [0.1, 0.15) is 243 Å². The SMILES string of the molecule is Bc1c(B)c(B)c(-c2c(B)c(B)c(B)c(-n3c4c(B)c(B)c(-c5c(B)c(B)c6c(c5B)c5c(B)c(B)c(B)c(B)c5n6-c5c(B)c(B)c(B)c(B)c5-c5c(B)c(B)c(B)c(B)c5B)cc4c4c(B)c(B)c(B)c(B)c43)c2B)c(B)c1B. The molecule has 2 aromatic heterocycles. The van der Waals surface area contributed by atoms with E-state index in [0.717, 1.165) is 0 Å². The Morgan fingerprint density at radius 2 is 0.432 bits per heavy atom. The van der Waals surface area contributed by atoms with Crippen LogP contribution >= 0.6 is 0 Å². The van der Waals surface area contributed by atoms with E-state index >= 15 is 0 Å². The summed E-state index contributed by atoms with van der Waals surface area (Å²) in [6.45, 7) is 0. The molecule has 10 aromatic rings. The standard InChI is InChI=1S/C48H63B31N2/c49-12-2(1-3-5-15(52)24(61)34(71)39(76)44(5)80(43(3)37(12)74)48-23(60)7(18(55)31(68)42(48)79)6-16(53)25(62)32(69)26(63)17(6)54)4-13(50)10-11-22(59)30(67)36(73)41(78)47(11)81(46(10)38(75)14(4)51)45-9(21(58)29(66)35(72)40(45)77)8-19(56)27(64)33(70)28(65)20(8)57/h1H,49-79H2. The lowest BCUT2D eigenvalue weighted by atomic mass is 9.56. The Morgan fingerprint density at radius 3 is 0.889 bits per heavy atom. The summed E-state index contributed by atoms with van der Waals surface area (Å²) in [5, 5.41) is 5.50. The van der Waals surface area contributed by atoms with Crippen molar-refractivity contribution in [3.8, 4) is 44.8 Å². The van der Waals surface area contributed by atoms with E-state index in [2.05, 4.69) is 258 Å². The first-order valence-corrected chi connectivity index (χ1v) is 30.2.